The number of hydrogen-bond donors (Lipinski definition) is 0. The zero-order chi connectivity index (χ0) is 9.47. The first kappa shape index (κ1) is 8.62. The molecule has 0 N–H and O–H groups in total. The SMILES string of the molecule is C#CC(=O)N1CC2(CCC2)CC1C. The van der Waals surface area contributed by atoms with Crippen LogP contribution in [0.1, 0.15) is 32.6 Å². The Morgan fingerprint density at radius 2 is 2.31 bits per heavy atom. The summed E-state index contributed by atoms with van der Waals surface area (Å²) in [4.78, 5) is 13.2. The number of carbonyl (C=O) groups excluding carboxylic acids is 1. The van der Waals surface area contributed by atoms with Gasteiger partial charge in [-0.3, -0.25) is 4.79 Å². The maximum absolute atomic E-state index is 11.3. The molecule has 1 aliphatic heterocycles. The van der Waals surface area contributed by atoms with Crippen LogP contribution < -0.4 is 0 Å². The van der Waals surface area contributed by atoms with Crippen molar-refractivity contribution in [2.24, 2.45) is 5.41 Å². The van der Waals surface area contributed by atoms with E-state index < -0.39 is 0 Å². The fourth-order valence-corrected chi connectivity index (χ4v) is 2.71. The Morgan fingerprint density at radius 1 is 1.62 bits per heavy atom. The monoisotopic (exact) mass is 177 g/mol. The van der Waals surface area contributed by atoms with E-state index in [4.69, 9.17) is 6.42 Å². The minimum absolute atomic E-state index is 0.128. The smallest absolute Gasteiger partial charge is 0.298 e. The van der Waals surface area contributed by atoms with Crippen molar-refractivity contribution in [3.63, 3.8) is 0 Å². The summed E-state index contributed by atoms with van der Waals surface area (Å²) in [6, 6.07) is 0.351. The minimum atomic E-state index is -0.128. The minimum Gasteiger partial charge on any atom is -0.329 e. The number of rotatable bonds is 0. The molecule has 2 aliphatic rings. The van der Waals surface area contributed by atoms with E-state index in [0.29, 0.717) is 11.5 Å². The standard InChI is InChI=1S/C11H15NO/c1-3-10(13)12-8-11(5-4-6-11)7-9(12)2/h1,9H,4-8H2,2H3. The van der Waals surface area contributed by atoms with E-state index >= 15 is 0 Å². The van der Waals surface area contributed by atoms with Crippen molar-refractivity contribution in [3.8, 4) is 12.3 Å². The summed E-state index contributed by atoms with van der Waals surface area (Å²) in [6.45, 7) is 3.00. The van der Waals surface area contributed by atoms with Crippen LogP contribution in [-0.2, 0) is 4.79 Å². The largest absolute Gasteiger partial charge is 0.329 e. The Kier molecular flexibility index (Phi) is 1.83. The average molecular weight is 177 g/mol. The molecule has 1 spiro atoms. The van der Waals surface area contributed by atoms with E-state index in [1.807, 2.05) is 4.90 Å². The van der Waals surface area contributed by atoms with Crippen molar-refractivity contribution in [1.29, 1.82) is 0 Å². The van der Waals surface area contributed by atoms with Crippen LogP contribution in [0.5, 0.6) is 0 Å². The van der Waals surface area contributed by atoms with Crippen LogP contribution in [0.25, 0.3) is 0 Å². The van der Waals surface area contributed by atoms with Gasteiger partial charge < -0.3 is 4.90 Å². The Balaban J connectivity index is 2.08. The van der Waals surface area contributed by atoms with Gasteiger partial charge in [0.1, 0.15) is 0 Å². The molecule has 0 aromatic rings. The van der Waals surface area contributed by atoms with Gasteiger partial charge in [0.05, 0.1) is 0 Å². The summed E-state index contributed by atoms with van der Waals surface area (Å²) in [6.07, 6.45) is 10.2. The molecule has 2 heteroatoms. The molecule has 1 unspecified atom stereocenters. The predicted molar refractivity (Wildman–Crippen MR) is 50.9 cm³/mol. The van der Waals surface area contributed by atoms with E-state index in [-0.39, 0.29) is 5.91 Å². The van der Waals surface area contributed by atoms with Gasteiger partial charge in [-0.1, -0.05) is 6.42 Å². The molecule has 1 aliphatic carbocycles. The number of carbonyl (C=O) groups is 1. The van der Waals surface area contributed by atoms with Crippen LogP contribution in [0, 0.1) is 17.8 Å². The van der Waals surface area contributed by atoms with Crippen molar-refractivity contribution >= 4 is 5.91 Å². The molecule has 70 valence electrons. The molecule has 1 amide bonds. The van der Waals surface area contributed by atoms with Crippen molar-refractivity contribution in [2.45, 2.75) is 38.6 Å². The fraction of sp³-hybridized carbons (Fsp3) is 0.727. The second kappa shape index (κ2) is 2.77. The number of amides is 1. The topological polar surface area (TPSA) is 20.3 Å². The van der Waals surface area contributed by atoms with E-state index in [1.165, 1.54) is 19.3 Å². The van der Waals surface area contributed by atoms with Gasteiger partial charge >= 0.3 is 0 Å². The van der Waals surface area contributed by atoms with Gasteiger partial charge in [-0.15, -0.1) is 6.42 Å². The number of terminal acetylenes is 1. The van der Waals surface area contributed by atoms with Crippen LogP contribution in [0.15, 0.2) is 0 Å². The normalized spacial score (nSPS) is 29.8. The lowest BCUT2D eigenvalue weighted by Gasteiger charge is -2.37. The molecule has 1 atom stereocenters. The zero-order valence-electron chi connectivity index (χ0n) is 8.05. The van der Waals surface area contributed by atoms with Crippen molar-refractivity contribution in [3.05, 3.63) is 0 Å². The van der Waals surface area contributed by atoms with E-state index in [1.54, 1.807) is 0 Å². The summed E-state index contributed by atoms with van der Waals surface area (Å²) >= 11 is 0. The average Bonchev–Trinajstić information content (AvgIpc) is 2.41. The first-order valence-corrected chi connectivity index (χ1v) is 4.94. The maximum Gasteiger partial charge on any atom is 0.298 e. The highest BCUT2D eigenvalue weighted by Crippen LogP contribution is 2.50. The van der Waals surface area contributed by atoms with Gasteiger partial charge in [0.15, 0.2) is 0 Å². The van der Waals surface area contributed by atoms with Crippen LogP contribution in [0.2, 0.25) is 0 Å². The molecule has 2 rings (SSSR count). The summed E-state index contributed by atoms with van der Waals surface area (Å²) < 4.78 is 0. The van der Waals surface area contributed by atoms with E-state index in [9.17, 15) is 4.79 Å². The fourth-order valence-electron chi connectivity index (χ4n) is 2.71. The second-order valence-corrected chi connectivity index (χ2v) is 4.48. The van der Waals surface area contributed by atoms with Gasteiger partial charge in [-0.25, -0.2) is 0 Å². The third kappa shape index (κ3) is 1.23. The maximum atomic E-state index is 11.3. The summed E-state index contributed by atoms with van der Waals surface area (Å²) in [5.74, 6) is 2.08. The second-order valence-electron chi connectivity index (χ2n) is 4.48. The van der Waals surface area contributed by atoms with Crippen LogP contribution in [0.3, 0.4) is 0 Å². The lowest BCUT2D eigenvalue weighted by atomic mass is 9.68. The molecule has 0 radical (unpaired) electrons. The lowest BCUT2D eigenvalue weighted by Crippen LogP contribution is -2.36. The molecular weight excluding hydrogens is 162 g/mol. The quantitative estimate of drug-likeness (QED) is 0.512. The first-order valence-electron chi connectivity index (χ1n) is 4.94. The molecule has 1 saturated carbocycles. The highest BCUT2D eigenvalue weighted by molar-refractivity contribution is 5.93. The highest BCUT2D eigenvalue weighted by Gasteiger charge is 2.47. The van der Waals surface area contributed by atoms with Crippen LogP contribution >= 0.6 is 0 Å². The molecule has 0 aromatic heterocycles. The summed E-state index contributed by atoms with van der Waals surface area (Å²) in [7, 11) is 0. The van der Waals surface area contributed by atoms with Crippen LogP contribution in [0.4, 0.5) is 0 Å². The Labute approximate surface area is 79.3 Å². The highest BCUT2D eigenvalue weighted by atomic mass is 16.2. The van der Waals surface area contributed by atoms with Gasteiger partial charge in [-0.05, 0) is 37.5 Å². The lowest BCUT2D eigenvalue weighted by molar-refractivity contribution is -0.126. The van der Waals surface area contributed by atoms with Crippen LogP contribution in [-0.4, -0.2) is 23.4 Å². The van der Waals surface area contributed by atoms with E-state index in [2.05, 4.69) is 12.8 Å². The Bertz CT molecular complexity index is 272. The summed E-state index contributed by atoms with van der Waals surface area (Å²) in [5, 5.41) is 0. The first-order chi connectivity index (χ1) is 6.17. The molecule has 2 nitrogen and oxygen atoms in total. The third-order valence-corrected chi connectivity index (χ3v) is 3.56. The molecule has 0 bridgehead atoms. The van der Waals surface area contributed by atoms with E-state index in [0.717, 1.165) is 13.0 Å². The molecule has 13 heavy (non-hydrogen) atoms. The van der Waals surface area contributed by atoms with Gasteiger partial charge in [-0.2, -0.15) is 0 Å². The Morgan fingerprint density at radius 3 is 2.69 bits per heavy atom. The number of likely N-dealkylation sites (tertiary alicyclic amines) is 1. The molecule has 0 aromatic carbocycles. The van der Waals surface area contributed by atoms with Crippen molar-refractivity contribution < 1.29 is 4.79 Å². The molecule has 1 heterocycles. The number of hydrogen-bond acceptors (Lipinski definition) is 1. The molecular formula is C11H15NO. The van der Waals surface area contributed by atoms with Gasteiger partial charge in [0.2, 0.25) is 0 Å². The molecule has 1 saturated heterocycles. The van der Waals surface area contributed by atoms with Crippen molar-refractivity contribution in [1.82, 2.24) is 4.90 Å². The molecule has 2 fully saturated rings. The third-order valence-electron chi connectivity index (χ3n) is 3.56. The van der Waals surface area contributed by atoms with Gasteiger partial charge in [0, 0.05) is 12.6 Å². The number of nitrogens with zero attached hydrogens (tertiary/aromatic N) is 1. The summed E-state index contributed by atoms with van der Waals surface area (Å²) in [5.41, 5.74) is 0.450. The zero-order valence-corrected chi connectivity index (χ0v) is 8.05. The predicted octanol–water partition coefficient (Wildman–Crippen LogP) is 1.41. The Hall–Kier alpha value is -0.970. The van der Waals surface area contributed by atoms with Gasteiger partial charge in [0.25, 0.3) is 5.91 Å². The van der Waals surface area contributed by atoms with Crippen molar-refractivity contribution in [2.75, 3.05) is 6.54 Å².